The summed E-state index contributed by atoms with van der Waals surface area (Å²) in [6.45, 7) is 1.98. The Balaban J connectivity index is 1.73. The monoisotopic (exact) mass is 302 g/mol. The summed E-state index contributed by atoms with van der Waals surface area (Å²) in [7, 11) is 0. The SMILES string of the molecule is O=C1N=C(N2CCCCCC2)S/C1=C/c1ccc(O)cc1. The zero-order valence-corrected chi connectivity index (χ0v) is 12.6. The van der Waals surface area contributed by atoms with Gasteiger partial charge >= 0.3 is 0 Å². The molecule has 0 radical (unpaired) electrons. The first kappa shape index (κ1) is 14.2. The van der Waals surface area contributed by atoms with Crippen molar-refractivity contribution in [3.05, 3.63) is 34.7 Å². The summed E-state index contributed by atoms with van der Waals surface area (Å²) in [6, 6.07) is 6.82. The predicted octanol–water partition coefficient (Wildman–Crippen LogP) is 3.24. The van der Waals surface area contributed by atoms with E-state index in [4.69, 9.17) is 0 Å². The molecule has 1 fully saturated rings. The Morgan fingerprint density at radius 2 is 1.76 bits per heavy atom. The molecular formula is C16H18N2O2S. The van der Waals surface area contributed by atoms with E-state index in [9.17, 15) is 9.90 Å². The summed E-state index contributed by atoms with van der Waals surface area (Å²) >= 11 is 1.46. The molecule has 2 aliphatic heterocycles. The number of amides is 1. The quantitative estimate of drug-likeness (QED) is 0.809. The van der Waals surface area contributed by atoms with E-state index in [1.165, 1.54) is 37.4 Å². The van der Waals surface area contributed by atoms with Crippen LogP contribution in [0, 0.1) is 0 Å². The smallest absolute Gasteiger partial charge is 0.286 e. The molecule has 110 valence electrons. The molecule has 1 aromatic carbocycles. The van der Waals surface area contributed by atoms with Crippen LogP contribution in [0.15, 0.2) is 34.2 Å². The van der Waals surface area contributed by atoms with Crippen molar-refractivity contribution in [1.82, 2.24) is 4.90 Å². The molecule has 5 heteroatoms. The van der Waals surface area contributed by atoms with Crippen molar-refractivity contribution in [3.63, 3.8) is 0 Å². The largest absolute Gasteiger partial charge is 0.508 e. The Morgan fingerprint density at radius 3 is 2.43 bits per heavy atom. The lowest BCUT2D eigenvalue weighted by molar-refractivity contribution is -0.113. The molecular weight excluding hydrogens is 284 g/mol. The number of phenolic OH excluding ortho intramolecular Hbond substituents is 1. The third kappa shape index (κ3) is 3.47. The van der Waals surface area contributed by atoms with E-state index in [0.717, 1.165) is 23.8 Å². The fourth-order valence-corrected chi connectivity index (χ4v) is 3.48. The van der Waals surface area contributed by atoms with Crippen molar-refractivity contribution in [1.29, 1.82) is 0 Å². The number of hydrogen-bond acceptors (Lipinski definition) is 4. The lowest BCUT2D eigenvalue weighted by atomic mass is 10.2. The van der Waals surface area contributed by atoms with E-state index in [1.807, 2.05) is 6.08 Å². The molecule has 0 bridgehead atoms. The highest BCUT2D eigenvalue weighted by Crippen LogP contribution is 2.31. The second-order valence-electron chi connectivity index (χ2n) is 5.30. The van der Waals surface area contributed by atoms with Crippen LogP contribution in [0.25, 0.3) is 6.08 Å². The third-order valence-electron chi connectivity index (χ3n) is 3.68. The number of rotatable bonds is 1. The van der Waals surface area contributed by atoms with Gasteiger partial charge in [0.1, 0.15) is 5.75 Å². The summed E-state index contributed by atoms with van der Waals surface area (Å²) < 4.78 is 0. The summed E-state index contributed by atoms with van der Waals surface area (Å²) in [5.41, 5.74) is 0.899. The van der Waals surface area contributed by atoms with Crippen LogP contribution in [0.5, 0.6) is 5.75 Å². The summed E-state index contributed by atoms with van der Waals surface area (Å²) in [5.74, 6) is 0.0661. The lowest BCUT2D eigenvalue weighted by Gasteiger charge is -2.20. The summed E-state index contributed by atoms with van der Waals surface area (Å²) in [4.78, 5) is 19.1. The Kier molecular flexibility index (Phi) is 4.29. The van der Waals surface area contributed by atoms with Crippen molar-refractivity contribution in [2.75, 3.05) is 13.1 Å². The van der Waals surface area contributed by atoms with Gasteiger partial charge in [-0.25, -0.2) is 0 Å². The molecule has 0 unspecified atom stereocenters. The summed E-state index contributed by atoms with van der Waals surface area (Å²) in [5, 5.41) is 10.1. The molecule has 2 aliphatic rings. The van der Waals surface area contributed by atoms with Gasteiger partial charge in [-0.15, -0.1) is 0 Å². The number of likely N-dealkylation sites (tertiary alicyclic amines) is 1. The highest BCUT2D eigenvalue weighted by molar-refractivity contribution is 8.18. The minimum Gasteiger partial charge on any atom is -0.508 e. The van der Waals surface area contributed by atoms with E-state index in [1.54, 1.807) is 24.3 Å². The Morgan fingerprint density at radius 1 is 1.10 bits per heavy atom. The van der Waals surface area contributed by atoms with E-state index in [0.29, 0.717) is 4.91 Å². The van der Waals surface area contributed by atoms with Crippen LogP contribution in [0.2, 0.25) is 0 Å². The van der Waals surface area contributed by atoms with Gasteiger partial charge < -0.3 is 10.0 Å². The van der Waals surface area contributed by atoms with Crippen molar-refractivity contribution in [3.8, 4) is 5.75 Å². The van der Waals surface area contributed by atoms with Crippen LogP contribution in [0.3, 0.4) is 0 Å². The zero-order chi connectivity index (χ0) is 14.7. The van der Waals surface area contributed by atoms with E-state index in [-0.39, 0.29) is 11.7 Å². The fraction of sp³-hybridized carbons (Fsp3) is 0.375. The topological polar surface area (TPSA) is 52.9 Å². The number of phenols is 1. The zero-order valence-electron chi connectivity index (χ0n) is 11.8. The van der Waals surface area contributed by atoms with Gasteiger partial charge in [0.25, 0.3) is 5.91 Å². The van der Waals surface area contributed by atoms with Crippen molar-refractivity contribution >= 4 is 28.9 Å². The Bertz CT molecular complexity index is 585. The molecule has 1 aromatic rings. The van der Waals surface area contributed by atoms with Gasteiger partial charge in [-0.05, 0) is 48.4 Å². The molecule has 1 saturated heterocycles. The van der Waals surface area contributed by atoms with Crippen molar-refractivity contribution in [2.45, 2.75) is 25.7 Å². The molecule has 3 rings (SSSR count). The molecule has 0 atom stereocenters. The van der Waals surface area contributed by atoms with E-state index >= 15 is 0 Å². The first-order valence-electron chi connectivity index (χ1n) is 7.29. The maximum absolute atomic E-state index is 12.0. The van der Waals surface area contributed by atoms with Gasteiger partial charge in [-0.2, -0.15) is 4.99 Å². The average Bonchev–Trinajstić information content (AvgIpc) is 2.69. The molecule has 0 aliphatic carbocycles. The number of nitrogens with zero attached hydrogens (tertiary/aromatic N) is 2. The van der Waals surface area contributed by atoms with Gasteiger partial charge in [-0.3, -0.25) is 4.79 Å². The number of aromatic hydroxyl groups is 1. The van der Waals surface area contributed by atoms with E-state index in [2.05, 4.69) is 9.89 Å². The van der Waals surface area contributed by atoms with Crippen molar-refractivity contribution in [2.24, 2.45) is 4.99 Å². The minimum atomic E-state index is -0.160. The molecule has 21 heavy (non-hydrogen) atoms. The summed E-state index contributed by atoms with van der Waals surface area (Å²) in [6.07, 6.45) is 6.70. The maximum Gasteiger partial charge on any atom is 0.286 e. The number of hydrogen-bond donors (Lipinski definition) is 1. The Labute approximate surface area is 128 Å². The number of benzene rings is 1. The molecule has 4 nitrogen and oxygen atoms in total. The number of thioether (sulfide) groups is 1. The van der Waals surface area contributed by atoms with Crippen LogP contribution in [-0.4, -0.2) is 34.2 Å². The lowest BCUT2D eigenvalue weighted by Crippen LogP contribution is -2.28. The predicted molar refractivity (Wildman–Crippen MR) is 86.2 cm³/mol. The highest BCUT2D eigenvalue weighted by atomic mass is 32.2. The second kappa shape index (κ2) is 6.35. The number of carbonyl (C=O) groups excluding carboxylic acids is 1. The number of carbonyl (C=O) groups is 1. The first-order chi connectivity index (χ1) is 10.2. The van der Waals surface area contributed by atoms with Gasteiger partial charge in [0.05, 0.1) is 4.91 Å². The molecule has 1 amide bonds. The number of aliphatic imine (C=N–C) groups is 1. The maximum atomic E-state index is 12.0. The van der Waals surface area contributed by atoms with Gasteiger partial charge in [0, 0.05) is 13.1 Å². The standard InChI is InChI=1S/C16H18N2O2S/c19-13-7-5-12(6-8-13)11-14-15(20)17-16(21-14)18-9-3-1-2-4-10-18/h5-8,11,19H,1-4,9-10H2/b14-11+. The van der Waals surface area contributed by atoms with Crippen LogP contribution in [0.1, 0.15) is 31.2 Å². The van der Waals surface area contributed by atoms with Gasteiger partial charge in [-0.1, -0.05) is 25.0 Å². The highest BCUT2D eigenvalue weighted by Gasteiger charge is 2.26. The first-order valence-corrected chi connectivity index (χ1v) is 8.10. The third-order valence-corrected chi connectivity index (χ3v) is 4.72. The van der Waals surface area contributed by atoms with Crippen LogP contribution < -0.4 is 0 Å². The van der Waals surface area contributed by atoms with Crippen LogP contribution in [0.4, 0.5) is 0 Å². The minimum absolute atomic E-state index is 0.160. The molecule has 0 spiro atoms. The fourth-order valence-electron chi connectivity index (χ4n) is 2.52. The van der Waals surface area contributed by atoms with Crippen LogP contribution >= 0.6 is 11.8 Å². The second-order valence-corrected chi connectivity index (χ2v) is 6.31. The average molecular weight is 302 g/mol. The van der Waals surface area contributed by atoms with Gasteiger partial charge in [0.15, 0.2) is 5.17 Å². The van der Waals surface area contributed by atoms with Crippen molar-refractivity contribution < 1.29 is 9.90 Å². The molecule has 0 saturated carbocycles. The Hall–Kier alpha value is -1.75. The van der Waals surface area contributed by atoms with Crippen LogP contribution in [-0.2, 0) is 4.79 Å². The molecule has 1 N–H and O–H groups in total. The molecule has 2 heterocycles. The number of amidine groups is 1. The normalized spacial score (nSPS) is 21.5. The van der Waals surface area contributed by atoms with E-state index < -0.39 is 0 Å². The van der Waals surface area contributed by atoms with Gasteiger partial charge in [0.2, 0.25) is 0 Å². The molecule has 0 aromatic heterocycles.